The molecule has 0 aliphatic heterocycles. The number of aromatic nitrogens is 1. The number of carbonyl (C=O) groups is 1. The van der Waals surface area contributed by atoms with E-state index in [0.29, 0.717) is 5.69 Å². The highest BCUT2D eigenvalue weighted by atomic mass is 19.1. The molecule has 0 spiro atoms. The van der Waals surface area contributed by atoms with Crippen molar-refractivity contribution in [3.63, 3.8) is 0 Å². The van der Waals surface area contributed by atoms with Gasteiger partial charge in [0.2, 0.25) is 0 Å². The molecule has 0 N–H and O–H groups in total. The van der Waals surface area contributed by atoms with Crippen LogP contribution in [-0.4, -0.2) is 10.8 Å². The van der Waals surface area contributed by atoms with Crippen molar-refractivity contribution in [1.29, 1.82) is 0 Å². The van der Waals surface area contributed by atoms with Crippen LogP contribution < -0.4 is 0 Å². The minimum absolute atomic E-state index is 0.119. The highest BCUT2D eigenvalue weighted by Gasteiger charge is 2.11. The number of ketones is 1. The van der Waals surface area contributed by atoms with Crippen molar-refractivity contribution < 1.29 is 9.18 Å². The Bertz CT molecular complexity index is 496. The number of rotatable bonds is 3. The lowest BCUT2D eigenvalue weighted by Gasteiger charge is -2.01. The normalized spacial score (nSPS) is 10.1. The van der Waals surface area contributed by atoms with E-state index in [2.05, 4.69) is 4.98 Å². The molecule has 0 atom stereocenters. The summed E-state index contributed by atoms with van der Waals surface area (Å²) in [6, 6.07) is 11.3. The highest BCUT2D eigenvalue weighted by molar-refractivity contribution is 5.97. The summed E-state index contributed by atoms with van der Waals surface area (Å²) in [7, 11) is 0. The third-order valence-electron chi connectivity index (χ3n) is 2.24. The van der Waals surface area contributed by atoms with E-state index >= 15 is 0 Å². The number of pyridine rings is 1. The van der Waals surface area contributed by atoms with E-state index in [1.165, 1.54) is 12.1 Å². The quantitative estimate of drug-likeness (QED) is 0.737. The van der Waals surface area contributed by atoms with Crippen molar-refractivity contribution in [3.8, 4) is 0 Å². The van der Waals surface area contributed by atoms with E-state index in [-0.39, 0.29) is 17.8 Å². The second-order valence-corrected chi connectivity index (χ2v) is 3.40. The van der Waals surface area contributed by atoms with Crippen molar-refractivity contribution in [2.75, 3.05) is 0 Å². The van der Waals surface area contributed by atoms with Gasteiger partial charge in [-0.05, 0) is 24.3 Å². The fraction of sp³-hybridized carbons (Fsp3) is 0.0769. The predicted octanol–water partition coefficient (Wildman–Crippen LogP) is 2.65. The van der Waals surface area contributed by atoms with Gasteiger partial charge in [-0.3, -0.25) is 9.78 Å². The monoisotopic (exact) mass is 215 g/mol. The van der Waals surface area contributed by atoms with Gasteiger partial charge in [0.1, 0.15) is 5.82 Å². The van der Waals surface area contributed by atoms with Gasteiger partial charge in [-0.1, -0.05) is 18.2 Å². The molecule has 80 valence electrons. The van der Waals surface area contributed by atoms with E-state index in [9.17, 15) is 9.18 Å². The Balaban J connectivity index is 2.19. The van der Waals surface area contributed by atoms with Crippen LogP contribution >= 0.6 is 0 Å². The van der Waals surface area contributed by atoms with Gasteiger partial charge in [0.15, 0.2) is 5.78 Å². The first-order chi connectivity index (χ1) is 7.77. The van der Waals surface area contributed by atoms with E-state index in [1.807, 2.05) is 0 Å². The number of Topliss-reactive ketones (excluding diaryl/α,β-unsaturated/α-hetero) is 1. The smallest absolute Gasteiger partial charge is 0.171 e. The maximum atomic E-state index is 13.3. The SMILES string of the molecule is O=C(Cc1ccccn1)c1ccccc1F. The minimum Gasteiger partial charge on any atom is -0.294 e. The summed E-state index contributed by atoms with van der Waals surface area (Å²) in [6.07, 6.45) is 1.74. The van der Waals surface area contributed by atoms with Crippen LogP contribution in [0.1, 0.15) is 16.1 Å². The molecular formula is C13H10FNO. The maximum Gasteiger partial charge on any atom is 0.171 e. The highest BCUT2D eigenvalue weighted by Crippen LogP contribution is 2.09. The van der Waals surface area contributed by atoms with Crippen LogP contribution in [0.5, 0.6) is 0 Å². The van der Waals surface area contributed by atoms with Crippen molar-refractivity contribution in [1.82, 2.24) is 4.98 Å². The average molecular weight is 215 g/mol. The molecule has 0 amide bonds. The van der Waals surface area contributed by atoms with Gasteiger partial charge < -0.3 is 0 Å². The van der Waals surface area contributed by atoms with Crippen LogP contribution in [0.25, 0.3) is 0 Å². The molecule has 0 unspecified atom stereocenters. The molecule has 0 fully saturated rings. The molecule has 2 aromatic rings. The van der Waals surface area contributed by atoms with Crippen LogP contribution in [-0.2, 0) is 6.42 Å². The molecule has 1 aromatic carbocycles. The maximum absolute atomic E-state index is 13.3. The third kappa shape index (κ3) is 2.31. The fourth-order valence-electron chi connectivity index (χ4n) is 1.45. The molecule has 2 rings (SSSR count). The summed E-state index contributed by atoms with van der Waals surface area (Å²) in [5.41, 5.74) is 0.768. The molecule has 2 nitrogen and oxygen atoms in total. The minimum atomic E-state index is -0.483. The number of hydrogen-bond donors (Lipinski definition) is 0. The zero-order valence-electron chi connectivity index (χ0n) is 8.56. The van der Waals surface area contributed by atoms with E-state index in [1.54, 1.807) is 36.5 Å². The molecule has 1 aromatic heterocycles. The summed E-state index contributed by atoms with van der Waals surface area (Å²) in [5.74, 6) is -0.736. The molecule has 0 radical (unpaired) electrons. The number of halogens is 1. The Morgan fingerprint density at radius 2 is 1.88 bits per heavy atom. The van der Waals surface area contributed by atoms with Crippen LogP contribution in [0.2, 0.25) is 0 Å². The van der Waals surface area contributed by atoms with Crippen molar-refractivity contribution in [3.05, 3.63) is 65.7 Å². The zero-order chi connectivity index (χ0) is 11.4. The van der Waals surface area contributed by atoms with E-state index in [4.69, 9.17) is 0 Å². The van der Waals surface area contributed by atoms with Gasteiger partial charge in [-0.2, -0.15) is 0 Å². The average Bonchev–Trinajstić information content (AvgIpc) is 2.31. The molecule has 0 saturated heterocycles. The number of nitrogens with zero attached hydrogens (tertiary/aromatic N) is 1. The Labute approximate surface area is 92.8 Å². The van der Waals surface area contributed by atoms with Gasteiger partial charge in [0.25, 0.3) is 0 Å². The molecule has 0 bridgehead atoms. The predicted molar refractivity (Wildman–Crippen MR) is 58.7 cm³/mol. The summed E-state index contributed by atoms with van der Waals surface area (Å²) in [4.78, 5) is 15.8. The van der Waals surface area contributed by atoms with Crippen LogP contribution in [0.4, 0.5) is 4.39 Å². The van der Waals surface area contributed by atoms with Crippen LogP contribution in [0.15, 0.2) is 48.7 Å². The van der Waals surface area contributed by atoms with Crippen molar-refractivity contribution in [2.45, 2.75) is 6.42 Å². The van der Waals surface area contributed by atoms with Gasteiger partial charge >= 0.3 is 0 Å². The Morgan fingerprint density at radius 1 is 1.12 bits per heavy atom. The van der Waals surface area contributed by atoms with Gasteiger partial charge in [-0.15, -0.1) is 0 Å². The first-order valence-corrected chi connectivity index (χ1v) is 4.95. The van der Waals surface area contributed by atoms with E-state index in [0.717, 1.165) is 0 Å². The molecule has 1 heterocycles. The Hall–Kier alpha value is -2.03. The molecule has 0 aliphatic rings. The molecule has 3 heteroatoms. The molecule has 16 heavy (non-hydrogen) atoms. The van der Waals surface area contributed by atoms with Crippen LogP contribution in [0, 0.1) is 5.82 Å². The fourth-order valence-corrected chi connectivity index (χ4v) is 1.45. The molecular weight excluding hydrogens is 205 g/mol. The lowest BCUT2D eigenvalue weighted by Crippen LogP contribution is -2.06. The van der Waals surface area contributed by atoms with Gasteiger partial charge in [-0.25, -0.2) is 4.39 Å². The van der Waals surface area contributed by atoms with Crippen LogP contribution in [0.3, 0.4) is 0 Å². The van der Waals surface area contributed by atoms with Gasteiger partial charge in [0, 0.05) is 11.9 Å². The second kappa shape index (κ2) is 4.66. The summed E-state index contributed by atoms with van der Waals surface area (Å²) >= 11 is 0. The summed E-state index contributed by atoms with van der Waals surface area (Å²) in [6.45, 7) is 0. The lowest BCUT2D eigenvalue weighted by atomic mass is 10.1. The Kier molecular flexibility index (Phi) is 3.05. The zero-order valence-corrected chi connectivity index (χ0v) is 8.56. The first-order valence-electron chi connectivity index (χ1n) is 4.95. The first kappa shape index (κ1) is 10.5. The van der Waals surface area contributed by atoms with Gasteiger partial charge in [0.05, 0.1) is 12.0 Å². The second-order valence-electron chi connectivity index (χ2n) is 3.40. The summed E-state index contributed by atoms with van der Waals surface area (Å²) in [5, 5.41) is 0. The molecule has 0 aliphatic carbocycles. The Morgan fingerprint density at radius 3 is 2.56 bits per heavy atom. The van der Waals surface area contributed by atoms with Crippen molar-refractivity contribution in [2.24, 2.45) is 0 Å². The summed E-state index contributed by atoms with van der Waals surface area (Å²) < 4.78 is 13.3. The standard InChI is InChI=1S/C13H10FNO/c14-12-7-2-1-6-11(12)13(16)9-10-5-3-4-8-15-10/h1-8H,9H2. The van der Waals surface area contributed by atoms with Crippen molar-refractivity contribution >= 4 is 5.78 Å². The third-order valence-corrected chi connectivity index (χ3v) is 2.24. The lowest BCUT2D eigenvalue weighted by molar-refractivity contribution is 0.0988. The number of hydrogen-bond acceptors (Lipinski definition) is 2. The number of benzene rings is 1. The largest absolute Gasteiger partial charge is 0.294 e. The topological polar surface area (TPSA) is 30.0 Å². The molecule has 0 saturated carbocycles. The number of carbonyl (C=O) groups excluding carboxylic acids is 1. The van der Waals surface area contributed by atoms with E-state index < -0.39 is 5.82 Å².